The zero-order chi connectivity index (χ0) is 23.4. The predicted molar refractivity (Wildman–Crippen MR) is 121 cm³/mol. The molecule has 1 saturated carbocycles. The Morgan fingerprint density at radius 1 is 1.18 bits per heavy atom. The summed E-state index contributed by atoms with van der Waals surface area (Å²) in [5, 5.41) is 11.7. The quantitative estimate of drug-likeness (QED) is 0.371. The van der Waals surface area contributed by atoms with Gasteiger partial charge in [-0.3, -0.25) is 9.36 Å². The molecule has 0 unspecified atom stereocenters. The number of aromatic nitrogens is 3. The third kappa shape index (κ3) is 5.94. The average molecular weight is 495 g/mol. The van der Waals surface area contributed by atoms with Gasteiger partial charge in [0.2, 0.25) is 5.91 Å². The molecular formula is C22H21ClF2N4O3S. The number of alkyl halides is 2. The number of nitrogens with zero attached hydrogens (tertiary/aromatic N) is 3. The molecule has 1 aliphatic carbocycles. The van der Waals surface area contributed by atoms with Crippen molar-refractivity contribution in [3.8, 4) is 11.5 Å². The molecule has 1 aromatic heterocycles. The Morgan fingerprint density at radius 3 is 2.58 bits per heavy atom. The van der Waals surface area contributed by atoms with Crippen LogP contribution >= 0.6 is 23.4 Å². The van der Waals surface area contributed by atoms with Gasteiger partial charge in [0.05, 0.1) is 16.0 Å². The van der Waals surface area contributed by atoms with Crippen molar-refractivity contribution in [1.82, 2.24) is 14.8 Å². The van der Waals surface area contributed by atoms with Crippen molar-refractivity contribution in [1.29, 1.82) is 0 Å². The molecule has 1 aliphatic rings. The summed E-state index contributed by atoms with van der Waals surface area (Å²) >= 11 is 7.39. The van der Waals surface area contributed by atoms with Crippen LogP contribution in [-0.4, -0.2) is 32.5 Å². The molecule has 174 valence electrons. The number of rotatable bonds is 10. The SMILES string of the molecule is C[C@H](Sc1nnc(COc2ccccc2Cl)n1C1CC1)C(=O)Nc1ccccc1OC(F)F. The van der Waals surface area contributed by atoms with Crippen molar-refractivity contribution in [2.45, 2.75) is 49.4 Å². The van der Waals surface area contributed by atoms with Gasteiger partial charge in [-0.2, -0.15) is 8.78 Å². The van der Waals surface area contributed by atoms with Gasteiger partial charge < -0.3 is 14.8 Å². The molecule has 1 N–H and O–H groups in total. The first-order valence-electron chi connectivity index (χ1n) is 10.2. The van der Waals surface area contributed by atoms with Crippen molar-refractivity contribution in [3.63, 3.8) is 0 Å². The third-order valence-electron chi connectivity index (χ3n) is 4.85. The van der Waals surface area contributed by atoms with Gasteiger partial charge in [0, 0.05) is 6.04 Å². The number of halogens is 3. The number of ether oxygens (including phenoxy) is 2. The highest BCUT2D eigenvalue weighted by Crippen LogP contribution is 2.40. The molecule has 0 saturated heterocycles. The summed E-state index contributed by atoms with van der Waals surface area (Å²) in [7, 11) is 0. The second-order valence-corrected chi connectivity index (χ2v) is 9.06. The van der Waals surface area contributed by atoms with Gasteiger partial charge >= 0.3 is 6.61 Å². The fourth-order valence-corrected chi connectivity index (χ4v) is 4.23. The number of benzene rings is 2. The van der Waals surface area contributed by atoms with E-state index in [2.05, 4.69) is 20.3 Å². The van der Waals surface area contributed by atoms with Crippen molar-refractivity contribution in [3.05, 3.63) is 59.4 Å². The van der Waals surface area contributed by atoms with Crippen LogP contribution in [0.2, 0.25) is 5.02 Å². The molecule has 2 aromatic carbocycles. The first-order valence-corrected chi connectivity index (χ1v) is 11.5. The Kier molecular flexibility index (Phi) is 7.34. The molecule has 1 heterocycles. The van der Waals surface area contributed by atoms with E-state index in [-0.39, 0.29) is 30.0 Å². The molecule has 7 nitrogen and oxygen atoms in total. The van der Waals surface area contributed by atoms with Gasteiger partial charge in [-0.1, -0.05) is 47.6 Å². The van der Waals surface area contributed by atoms with E-state index in [4.69, 9.17) is 16.3 Å². The average Bonchev–Trinajstić information content (AvgIpc) is 3.55. The van der Waals surface area contributed by atoms with Crippen LogP contribution < -0.4 is 14.8 Å². The van der Waals surface area contributed by atoms with Gasteiger partial charge in [-0.05, 0) is 44.0 Å². The van der Waals surface area contributed by atoms with Crippen LogP contribution in [0, 0.1) is 0 Å². The maximum Gasteiger partial charge on any atom is 0.387 e. The van der Waals surface area contributed by atoms with E-state index in [0.717, 1.165) is 12.8 Å². The van der Waals surface area contributed by atoms with Crippen molar-refractivity contribution in [2.24, 2.45) is 0 Å². The van der Waals surface area contributed by atoms with E-state index >= 15 is 0 Å². The normalized spacial score (nSPS) is 14.2. The Balaban J connectivity index is 1.43. The molecule has 33 heavy (non-hydrogen) atoms. The largest absolute Gasteiger partial charge is 0.484 e. The van der Waals surface area contributed by atoms with Gasteiger partial charge in [-0.15, -0.1) is 10.2 Å². The summed E-state index contributed by atoms with van der Waals surface area (Å²) < 4.78 is 37.5. The number of anilines is 1. The number of thioether (sulfide) groups is 1. The molecule has 0 aliphatic heterocycles. The van der Waals surface area contributed by atoms with Crippen molar-refractivity contribution in [2.75, 3.05) is 5.32 Å². The van der Waals surface area contributed by atoms with Crippen LogP contribution in [0.25, 0.3) is 0 Å². The van der Waals surface area contributed by atoms with E-state index in [1.807, 2.05) is 16.7 Å². The van der Waals surface area contributed by atoms with E-state index in [9.17, 15) is 13.6 Å². The summed E-state index contributed by atoms with van der Waals surface area (Å²) in [6.07, 6.45) is 1.98. The molecule has 0 bridgehead atoms. The molecule has 1 atom stereocenters. The monoisotopic (exact) mass is 494 g/mol. The lowest BCUT2D eigenvalue weighted by molar-refractivity contribution is -0.115. The van der Waals surface area contributed by atoms with Crippen molar-refractivity contribution >= 4 is 35.0 Å². The standard InChI is InChI=1S/C22H21ClF2N4O3S/c1-13(20(30)26-16-7-3-5-9-18(16)32-21(24)25)33-22-28-27-19(29(22)14-10-11-14)12-31-17-8-4-2-6-15(17)23/h2-9,13-14,21H,10-12H2,1H3,(H,26,30)/t13-/m0/s1. The summed E-state index contributed by atoms with van der Waals surface area (Å²) in [4.78, 5) is 12.7. The fraction of sp³-hybridized carbons (Fsp3) is 0.318. The second kappa shape index (κ2) is 10.4. The topological polar surface area (TPSA) is 78.3 Å². The Hall–Kier alpha value is -2.85. The lowest BCUT2D eigenvalue weighted by atomic mass is 10.3. The van der Waals surface area contributed by atoms with Crippen LogP contribution in [0.4, 0.5) is 14.5 Å². The van der Waals surface area contributed by atoms with E-state index < -0.39 is 11.9 Å². The highest BCUT2D eigenvalue weighted by atomic mass is 35.5. The number of nitrogens with one attached hydrogen (secondary N) is 1. The predicted octanol–water partition coefficient (Wildman–Crippen LogP) is 5.57. The van der Waals surface area contributed by atoms with Crippen molar-refractivity contribution < 1.29 is 23.0 Å². The number of hydrogen-bond acceptors (Lipinski definition) is 6. The Morgan fingerprint density at radius 2 is 1.88 bits per heavy atom. The maximum absolute atomic E-state index is 12.7. The second-order valence-electron chi connectivity index (χ2n) is 7.34. The van der Waals surface area contributed by atoms with Crippen LogP contribution in [0.5, 0.6) is 11.5 Å². The molecule has 0 radical (unpaired) electrons. The fourth-order valence-electron chi connectivity index (χ4n) is 3.10. The minimum Gasteiger partial charge on any atom is -0.484 e. The molecule has 3 aromatic rings. The van der Waals surface area contributed by atoms with E-state index in [0.29, 0.717) is 21.8 Å². The molecule has 1 amide bonds. The number of amides is 1. The zero-order valence-electron chi connectivity index (χ0n) is 17.6. The molecular weight excluding hydrogens is 474 g/mol. The van der Waals surface area contributed by atoms with E-state index in [1.165, 1.54) is 23.9 Å². The Bertz CT molecular complexity index is 1130. The minimum atomic E-state index is -2.99. The summed E-state index contributed by atoms with van der Waals surface area (Å²) in [6.45, 7) is -1.09. The highest BCUT2D eigenvalue weighted by Gasteiger charge is 2.31. The Labute approximate surface area is 198 Å². The molecule has 11 heteroatoms. The summed E-state index contributed by atoms with van der Waals surface area (Å²) in [6, 6.07) is 13.5. The minimum absolute atomic E-state index is 0.0989. The molecule has 4 rings (SSSR count). The van der Waals surface area contributed by atoms with Crippen LogP contribution in [0.3, 0.4) is 0 Å². The summed E-state index contributed by atoms with van der Waals surface area (Å²) in [5.41, 5.74) is 0.174. The third-order valence-corrected chi connectivity index (χ3v) is 6.22. The first-order chi connectivity index (χ1) is 15.9. The highest BCUT2D eigenvalue weighted by molar-refractivity contribution is 8.00. The number of hydrogen-bond donors (Lipinski definition) is 1. The van der Waals surface area contributed by atoms with Crippen LogP contribution in [-0.2, 0) is 11.4 Å². The van der Waals surface area contributed by atoms with Gasteiger partial charge in [0.25, 0.3) is 0 Å². The van der Waals surface area contributed by atoms with Crippen LogP contribution in [0.15, 0.2) is 53.7 Å². The molecule has 1 fully saturated rings. The molecule has 0 spiro atoms. The smallest absolute Gasteiger partial charge is 0.387 e. The number of carbonyl (C=O) groups is 1. The van der Waals surface area contributed by atoms with Crippen LogP contribution in [0.1, 0.15) is 31.6 Å². The van der Waals surface area contributed by atoms with Gasteiger partial charge in [0.15, 0.2) is 11.0 Å². The summed E-state index contributed by atoms with van der Waals surface area (Å²) in [5.74, 6) is 0.724. The first kappa shape index (κ1) is 23.3. The zero-order valence-corrected chi connectivity index (χ0v) is 19.2. The van der Waals surface area contributed by atoms with Gasteiger partial charge in [0.1, 0.15) is 18.1 Å². The lowest BCUT2D eigenvalue weighted by Gasteiger charge is -2.15. The lowest BCUT2D eigenvalue weighted by Crippen LogP contribution is -2.23. The number of para-hydroxylation sites is 3. The van der Waals surface area contributed by atoms with Gasteiger partial charge in [-0.25, -0.2) is 0 Å². The maximum atomic E-state index is 12.7. The van der Waals surface area contributed by atoms with E-state index in [1.54, 1.807) is 31.2 Å². The number of carbonyl (C=O) groups excluding carboxylic acids is 1.